The van der Waals surface area contributed by atoms with Crippen LogP contribution in [0.3, 0.4) is 0 Å². The maximum atomic E-state index is 4.18. The van der Waals surface area contributed by atoms with E-state index in [4.69, 9.17) is 0 Å². The van der Waals surface area contributed by atoms with Crippen LogP contribution in [0.1, 0.15) is 5.56 Å². The highest BCUT2D eigenvalue weighted by Crippen LogP contribution is 2.15. The van der Waals surface area contributed by atoms with E-state index in [-0.39, 0.29) is 0 Å². The Bertz CT molecular complexity index is 661. The lowest BCUT2D eigenvalue weighted by Crippen LogP contribution is -2.03. The lowest BCUT2D eigenvalue weighted by atomic mass is 10.3. The third-order valence-electron chi connectivity index (χ3n) is 2.57. The maximum absolute atomic E-state index is 4.18. The zero-order valence-electron chi connectivity index (χ0n) is 9.78. The van der Waals surface area contributed by atoms with E-state index in [1.54, 1.807) is 17.9 Å². The smallest absolute Gasteiger partial charge is 0.183 e. The number of aromatic nitrogens is 6. The number of hydrogen-bond acceptors (Lipinski definition) is 6. The van der Waals surface area contributed by atoms with Crippen molar-refractivity contribution >= 4 is 17.0 Å². The first kappa shape index (κ1) is 10.6. The van der Waals surface area contributed by atoms with Gasteiger partial charge in [-0.15, -0.1) is 5.10 Å². The summed E-state index contributed by atoms with van der Waals surface area (Å²) in [7, 11) is 1.80. The number of rotatable bonds is 3. The summed E-state index contributed by atoms with van der Waals surface area (Å²) in [5, 5.41) is 11.2. The van der Waals surface area contributed by atoms with Gasteiger partial charge in [0.15, 0.2) is 17.0 Å². The van der Waals surface area contributed by atoms with Crippen molar-refractivity contribution in [1.29, 1.82) is 0 Å². The Kier molecular flexibility index (Phi) is 2.56. The van der Waals surface area contributed by atoms with Gasteiger partial charge in [-0.1, -0.05) is 11.3 Å². The molecule has 18 heavy (non-hydrogen) atoms. The number of nitrogens with one attached hydrogen (secondary N) is 1. The molecule has 0 saturated heterocycles. The van der Waals surface area contributed by atoms with Gasteiger partial charge in [0.1, 0.15) is 6.33 Å². The van der Waals surface area contributed by atoms with Crippen molar-refractivity contribution in [3.05, 3.63) is 36.4 Å². The lowest BCUT2D eigenvalue weighted by molar-refractivity contribution is 0.729. The Balaban J connectivity index is 1.87. The van der Waals surface area contributed by atoms with Crippen molar-refractivity contribution in [3.8, 4) is 0 Å². The monoisotopic (exact) mass is 241 g/mol. The van der Waals surface area contributed by atoms with Gasteiger partial charge in [0.2, 0.25) is 0 Å². The molecule has 0 fully saturated rings. The first-order chi connectivity index (χ1) is 8.84. The molecule has 0 aromatic carbocycles. The summed E-state index contributed by atoms with van der Waals surface area (Å²) in [6, 6.07) is 3.89. The Morgan fingerprint density at radius 1 is 1.33 bits per heavy atom. The van der Waals surface area contributed by atoms with Crippen LogP contribution in [0.15, 0.2) is 30.9 Å². The highest BCUT2D eigenvalue weighted by molar-refractivity contribution is 5.81. The molecule has 0 amide bonds. The normalized spacial score (nSPS) is 10.7. The van der Waals surface area contributed by atoms with Gasteiger partial charge in [0.25, 0.3) is 0 Å². The van der Waals surface area contributed by atoms with Crippen LogP contribution in [-0.4, -0.2) is 29.9 Å². The second-order valence-electron chi connectivity index (χ2n) is 3.82. The Morgan fingerprint density at radius 2 is 2.28 bits per heavy atom. The van der Waals surface area contributed by atoms with E-state index in [9.17, 15) is 0 Å². The summed E-state index contributed by atoms with van der Waals surface area (Å²) in [5.74, 6) is 0.678. The molecule has 0 aliphatic rings. The topological polar surface area (TPSA) is 81.4 Å². The van der Waals surface area contributed by atoms with Crippen molar-refractivity contribution in [2.75, 3.05) is 5.32 Å². The molecule has 0 aliphatic carbocycles. The zero-order valence-corrected chi connectivity index (χ0v) is 9.78. The molecule has 3 aromatic rings. The summed E-state index contributed by atoms with van der Waals surface area (Å²) < 4.78 is 1.62. The third kappa shape index (κ3) is 1.86. The highest BCUT2D eigenvalue weighted by Gasteiger charge is 2.08. The number of fused-ring (bicyclic) bond motifs is 1. The molecular formula is C11H11N7. The van der Waals surface area contributed by atoms with E-state index in [0.29, 0.717) is 23.5 Å². The first-order valence-corrected chi connectivity index (χ1v) is 5.48. The third-order valence-corrected chi connectivity index (χ3v) is 2.57. The summed E-state index contributed by atoms with van der Waals surface area (Å²) in [6.45, 7) is 0.635. The van der Waals surface area contributed by atoms with Crippen molar-refractivity contribution < 1.29 is 0 Å². The fourth-order valence-electron chi connectivity index (χ4n) is 1.67. The molecular weight excluding hydrogens is 230 g/mol. The molecule has 0 unspecified atom stereocenters. The zero-order chi connectivity index (χ0) is 12.4. The van der Waals surface area contributed by atoms with Crippen molar-refractivity contribution in [3.63, 3.8) is 0 Å². The fraction of sp³-hybridized carbons (Fsp3) is 0.182. The number of anilines is 1. The number of aryl methyl sites for hydroxylation is 1. The number of hydrogen-bond donors (Lipinski definition) is 1. The predicted molar refractivity (Wildman–Crippen MR) is 65.7 cm³/mol. The molecule has 7 heteroatoms. The first-order valence-electron chi connectivity index (χ1n) is 5.48. The summed E-state index contributed by atoms with van der Waals surface area (Å²) >= 11 is 0. The molecule has 3 heterocycles. The van der Waals surface area contributed by atoms with Crippen LogP contribution in [0, 0.1) is 0 Å². The second kappa shape index (κ2) is 4.36. The van der Waals surface area contributed by atoms with E-state index < -0.39 is 0 Å². The Morgan fingerprint density at radius 3 is 3.11 bits per heavy atom. The molecule has 0 saturated carbocycles. The van der Waals surface area contributed by atoms with E-state index in [1.165, 1.54) is 6.33 Å². The van der Waals surface area contributed by atoms with E-state index in [2.05, 4.69) is 30.6 Å². The van der Waals surface area contributed by atoms with Gasteiger partial charge < -0.3 is 5.32 Å². The molecule has 3 rings (SSSR count). The van der Waals surface area contributed by atoms with Crippen LogP contribution in [0.4, 0.5) is 5.82 Å². The van der Waals surface area contributed by atoms with Crippen LogP contribution in [0.25, 0.3) is 11.2 Å². The molecule has 0 aliphatic heterocycles. The summed E-state index contributed by atoms with van der Waals surface area (Å²) in [4.78, 5) is 12.4. The van der Waals surface area contributed by atoms with Crippen molar-refractivity contribution in [2.45, 2.75) is 6.54 Å². The van der Waals surface area contributed by atoms with Gasteiger partial charge in [-0.05, 0) is 11.6 Å². The molecule has 7 nitrogen and oxygen atoms in total. The van der Waals surface area contributed by atoms with Gasteiger partial charge in [-0.3, -0.25) is 4.98 Å². The van der Waals surface area contributed by atoms with Crippen LogP contribution >= 0.6 is 0 Å². The lowest BCUT2D eigenvalue weighted by Gasteiger charge is -2.04. The molecule has 0 spiro atoms. The fourth-order valence-corrected chi connectivity index (χ4v) is 1.67. The average Bonchev–Trinajstić information content (AvgIpc) is 2.80. The van der Waals surface area contributed by atoms with Crippen LogP contribution in [0.2, 0.25) is 0 Å². The molecule has 3 aromatic heterocycles. The maximum Gasteiger partial charge on any atom is 0.183 e. The minimum atomic E-state index is 0.635. The van der Waals surface area contributed by atoms with Crippen LogP contribution in [0.5, 0.6) is 0 Å². The molecule has 90 valence electrons. The van der Waals surface area contributed by atoms with E-state index >= 15 is 0 Å². The Labute approximate surface area is 103 Å². The largest absolute Gasteiger partial charge is 0.364 e. The predicted octanol–water partition coefficient (Wildman–Crippen LogP) is 0.765. The van der Waals surface area contributed by atoms with Crippen LogP contribution in [-0.2, 0) is 13.6 Å². The summed E-state index contributed by atoms with van der Waals surface area (Å²) in [6.07, 6.45) is 5.05. The van der Waals surface area contributed by atoms with E-state index in [0.717, 1.165) is 5.56 Å². The molecule has 1 N–H and O–H groups in total. The average molecular weight is 241 g/mol. The SMILES string of the molecule is Cn1nnc2c(NCc3cccnc3)ncnc21. The summed E-state index contributed by atoms with van der Waals surface area (Å²) in [5.41, 5.74) is 2.45. The standard InChI is InChI=1S/C11H11N7/c1-18-11-9(16-17-18)10(14-7-15-11)13-6-8-3-2-4-12-5-8/h2-5,7H,6H2,1H3,(H,13,14,15). The number of pyridine rings is 1. The molecule has 0 atom stereocenters. The number of nitrogens with zero attached hydrogens (tertiary/aromatic N) is 6. The molecule has 0 bridgehead atoms. The van der Waals surface area contributed by atoms with E-state index in [1.807, 2.05) is 18.3 Å². The molecule has 0 radical (unpaired) electrons. The quantitative estimate of drug-likeness (QED) is 0.729. The second-order valence-corrected chi connectivity index (χ2v) is 3.82. The van der Waals surface area contributed by atoms with Gasteiger partial charge in [-0.2, -0.15) is 0 Å². The van der Waals surface area contributed by atoms with Gasteiger partial charge >= 0.3 is 0 Å². The minimum absolute atomic E-state index is 0.635. The van der Waals surface area contributed by atoms with Gasteiger partial charge in [-0.25, -0.2) is 14.6 Å². The minimum Gasteiger partial charge on any atom is -0.364 e. The Hall–Kier alpha value is -2.57. The van der Waals surface area contributed by atoms with Gasteiger partial charge in [0.05, 0.1) is 0 Å². The van der Waals surface area contributed by atoms with Gasteiger partial charge in [0, 0.05) is 26.0 Å². The van der Waals surface area contributed by atoms with Crippen LogP contribution < -0.4 is 5.32 Å². The highest BCUT2D eigenvalue weighted by atomic mass is 15.4. The van der Waals surface area contributed by atoms with Crippen molar-refractivity contribution in [1.82, 2.24) is 29.9 Å². The van der Waals surface area contributed by atoms with Crippen molar-refractivity contribution in [2.24, 2.45) is 7.05 Å².